The minimum Gasteiger partial charge on any atom is -0.354 e. The predicted octanol–water partition coefficient (Wildman–Crippen LogP) is 22.8. The number of hydrogen-bond acceptors (Lipinski definition) is 3. The molecule has 3 aromatic heterocycles. The van der Waals surface area contributed by atoms with Crippen molar-refractivity contribution in [1.29, 1.82) is 0 Å². The van der Waals surface area contributed by atoms with Gasteiger partial charge < -0.3 is 14.9 Å². The van der Waals surface area contributed by atoms with Crippen LogP contribution >= 0.6 is 0 Å². The smallest absolute Gasteiger partial charge is 0.146 e. The average molecular weight is 1150 g/mol. The summed E-state index contributed by atoms with van der Waals surface area (Å²) < 4.78 is 0. The van der Waals surface area contributed by atoms with Crippen LogP contribution in [0.25, 0.3) is 68.6 Å². The number of fused-ring (bicyclic) bond motifs is 8. The minimum atomic E-state index is -2.22. The number of H-pyrrole nitrogens is 2. The van der Waals surface area contributed by atoms with Crippen LogP contribution in [0.3, 0.4) is 0 Å². The Bertz CT molecular complexity index is 3750. The molecule has 2 N–H and O–H groups in total. The van der Waals surface area contributed by atoms with Gasteiger partial charge in [0.2, 0.25) is 0 Å². The molecular weight excluding hydrogens is 1050 g/mol. The Morgan fingerprint density at radius 2 is 0.682 bits per heavy atom. The van der Waals surface area contributed by atoms with E-state index in [0.717, 1.165) is 89.7 Å². The highest BCUT2D eigenvalue weighted by Gasteiger charge is 2.42. The van der Waals surface area contributed by atoms with Crippen LogP contribution in [-0.4, -0.2) is 28.0 Å². The average Bonchev–Trinajstić information content (AvgIpc) is 1.82. The number of aromatic nitrogens is 4. The first-order valence-electron chi connectivity index (χ1n) is 31.4. The molecule has 85 heavy (non-hydrogen) atoms. The summed E-state index contributed by atoms with van der Waals surface area (Å²) in [6.45, 7) is 55.9. The van der Waals surface area contributed by atoms with Crippen molar-refractivity contribution < 1.29 is 0 Å². The number of nitrogens with one attached hydrogen (secondary N) is 2. The fraction of sp³-hybridized carbons (Fsp3) is 0.418. The third-order valence-corrected chi connectivity index (χ3v) is 24.4. The van der Waals surface area contributed by atoms with E-state index in [1.54, 1.807) is 0 Å². The fourth-order valence-electron chi connectivity index (χ4n) is 12.7. The zero-order chi connectivity index (χ0) is 62.3. The second-order valence-corrected chi connectivity index (χ2v) is 37.2. The maximum Gasteiger partial charge on any atom is 0.146 e. The van der Waals surface area contributed by atoms with Gasteiger partial charge >= 0.3 is 0 Å². The minimum absolute atomic E-state index is 0.0316. The lowest BCUT2D eigenvalue weighted by atomic mass is 9.78. The van der Waals surface area contributed by atoms with Crippen LogP contribution in [0.15, 0.2) is 109 Å². The predicted molar refractivity (Wildman–Crippen MR) is 375 cm³/mol. The van der Waals surface area contributed by atoms with Gasteiger partial charge in [0.15, 0.2) is 0 Å². The van der Waals surface area contributed by atoms with Gasteiger partial charge in [0.05, 0.1) is 45.1 Å². The van der Waals surface area contributed by atoms with E-state index < -0.39 is 8.07 Å². The van der Waals surface area contributed by atoms with Crippen LogP contribution in [0, 0.1) is 11.5 Å². The lowest BCUT2D eigenvalue weighted by Crippen LogP contribution is -2.43. The van der Waals surface area contributed by atoms with Crippen LogP contribution in [0.5, 0.6) is 0 Å². The molecule has 0 atom stereocenters. The monoisotopic (exact) mass is 1150 g/mol. The SMILES string of the molecule is CC(C)[Si](C#Cc1c2nc(c(-c3cc(C(C)(C)C)cc(C(C)(C)C)c3)c3ccc([nH]3)c(N(c3ccc(C(C)(C)C)cc3)c3ccc(C(C)(C)C)cc3)c3nc(c(-c4cc(C(C)(C)C)cc(C(C)(C)C)c4)c4ccc1[nH]4)C=C3)C=C2)(C(C)C)C(C)C. The zero-order valence-electron chi connectivity index (χ0n) is 56.3. The van der Waals surface area contributed by atoms with Gasteiger partial charge in [-0.1, -0.05) is 233 Å². The number of hydrogen-bond donors (Lipinski definition) is 2. The lowest BCUT2D eigenvalue weighted by molar-refractivity contribution is 0.568. The molecule has 0 amide bonds. The molecule has 0 saturated heterocycles. The normalized spacial score (nSPS) is 13.5. The van der Waals surface area contributed by atoms with E-state index in [1.807, 2.05) is 0 Å². The molecule has 5 heterocycles. The largest absolute Gasteiger partial charge is 0.354 e. The summed E-state index contributed by atoms with van der Waals surface area (Å²) in [4.78, 5) is 22.4. The zero-order valence-corrected chi connectivity index (χ0v) is 57.3. The molecule has 0 fully saturated rings. The third kappa shape index (κ3) is 12.7. The first-order valence-corrected chi connectivity index (χ1v) is 33.6. The standard InChI is InChI=1S/C79H99N5Si/c1-49(2)85(50(3)4,51(5)6)42-41-62-63-33-35-65(80-63)71(52-43-56(76(13,14)15)47-57(44-52)77(16,17)18)67-37-39-69(82-67)73(84(60-29-25-54(26-30-60)74(7,8)9)61-31-27-55(28-32-61)75(10,11)12)70-40-38-68(83-70)72(66-36-34-64(62)81-66)53-45-58(78(19,20)21)48-59(46-53)79(22,23)24/h25-40,43-51,80,83H,1-24H3. The maximum atomic E-state index is 5.92. The summed E-state index contributed by atoms with van der Waals surface area (Å²) in [6.07, 6.45) is 8.92. The van der Waals surface area contributed by atoms with Crippen molar-refractivity contribution in [3.63, 3.8) is 0 Å². The first-order chi connectivity index (χ1) is 39.4. The quantitative estimate of drug-likeness (QED) is 0.118. The molecule has 6 heteroatoms. The molecule has 2 aliphatic rings. The Balaban J connectivity index is 1.54. The number of nitrogens with zero attached hydrogens (tertiary/aromatic N) is 3. The number of aromatic amines is 2. The highest BCUT2D eigenvalue weighted by Crippen LogP contribution is 2.46. The molecule has 0 spiro atoms. The Morgan fingerprint density at radius 3 is 1.05 bits per heavy atom. The van der Waals surface area contributed by atoms with E-state index in [9.17, 15) is 0 Å². The number of anilines is 3. The van der Waals surface area contributed by atoms with Gasteiger partial charge in [-0.3, -0.25) is 0 Å². The van der Waals surface area contributed by atoms with Gasteiger partial charge in [-0.25, -0.2) is 9.97 Å². The van der Waals surface area contributed by atoms with Crippen LogP contribution in [0.2, 0.25) is 16.6 Å². The van der Waals surface area contributed by atoms with Crippen molar-refractivity contribution in [3.8, 4) is 33.7 Å². The van der Waals surface area contributed by atoms with Crippen molar-refractivity contribution in [1.82, 2.24) is 19.9 Å². The van der Waals surface area contributed by atoms with Crippen molar-refractivity contribution in [2.24, 2.45) is 0 Å². The molecule has 4 aromatic carbocycles. The Morgan fingerprint density at radius 1 is 0.365 bits per heavy atom. The van der Waals surface area contributed by atoms with Gasteiger partial charge in [0.25, 0.3) is 0 Å². The second-order valence-electron chi connectivity index (χ2n) is 31.7. The highest BCUT2D eigenvalue weighted by molar-refractivity contribution is 6.90. The van der Waals surface area contributed by atoms with Gasteiger partial charge in [-0.2, -0.15) is 0 Å². The molecule has 9 rings (SSSR count). The van der Waals surface area contributed by atoms with Crippen molar-refractivity contribution in [2.45, 2.75) is 215 Å². The molecule has 0 saturated carbocycles. The van der Waals surface area contributed by atoms with E-state index in [-0.39, 0.29) is 32.5 Å². The van der Waals surface area contributed by atoms with Crippen LogP contribution in [-0.2, 0) is 32.5 Å². The fourth-order valence-corrected chi connectivity index (χ4v) is 17.9. The van der Waals surface area contributed by atoms with E-state index >= 15 is 0 Å². The van der Waals surface area contributed by atoms with Gasteiger partial charge in [-0.05, 0) is 166 Å². The highest BCUT2D eigenvalue weighted by atomic mass is 28.3. The van der Waals surface area contributed by atoms with Gasteiger partial charge in [0.1, 0.15) is 8.07 Å². The van der Waals surface area contributed by atoms with E-state index in [2.05, 4.69) is 326 Å². The topological polar surface area (TPSA) is 60.6 Å². The first kappa shape index (κ1) is 62.6. The van der Waals surface area contributed by atoms with Gasteiger partial charge in [-0.15, -0.1) is 5.54 Å². The van der Waals surface area contributed by atoms with E-state index in [1.165, 1.54) is 33.4 Å². The molecule has 7 aromatic rings. The van der Waals surface area contributed by atoms with Crippen molar-refractivity contribution >= 4 is 71.5 Å². The molecule has 0 aliphatic carbocycles. The molecule has 444 valence electrons. The summed E-state index contributed by atoms with van der Waals surface area (Å²) >= 11 is 0. The molecule has 5 nitrogen and oxygen atoms in total. The number of benzene rings is 4. The Kier molecular flexibility index (Phi) is 16.5. The Labute approximate surface area is 513 Å². The summed E-state index contributed by atoms with van der Waals surface area (Å²) in [7, 11) is -2.22. The summed E-state index contributed by atoms with van der Waals surface area (Å²) in [5.41, 5.74) is 28.1. The van der Waals surface area contributed by atoms with Crippen LogP contribution in [0.4, 0.5) is 17.1 Å². The van der Waals surface area contributed by atoms with Crippen LogP contribution in [0.1, 0.15) is 228 Å². The summed E-state index contributed by atoms with van der Waals surface area (Å²) in [5, 5.41) is 0. The second kappa shape index (κ2) is 22.4. The van der Waals surface area contributed by atoms with Crippen LogP contribution < -0.4 is 4.90 Å². The lowest BCUT2D eigenvalue weighted by Gasteiger charge is -2.38. The van der Waals surface area contributed by atoms with Crippen molar-refractivity contribution in [2.75, 3.05) is 4.90 Å². The van der Waals surface area contributed by atoms with Crippen molar-refractivity contribution in [3.05, 3.63) is 171 Å². The molecule has 0 unspecified atom stereocenters. The van der Waals surface area contributed by atoms with E-state index in [0.29, 0.717) is 16.6 Å². The van der Waals surface area contributed by atoms with E-state index in [4.69, 9.17) is 9.97 Å². The summed E-state index contributed by atoms with van der Waals surface area (Å²) in [6, 6.07) is 41.8. The Hall–Kier alpha value is -6.94. The number of rotatable bonds is 8. The summed E-state index contributed by atoms with van der Waals surface area (Å²) in [5.74, 6) is 3.98. The van der Waals surface area contributed by atoms with Gasteiger partial charge in [0, 0.05) is 33.5 Å². The molecule has 2 aliphatic heterocycles. The molecule has 8 bridgehead atoms. The molecular formula is C79H99N5Si. The maximum absolute atomic E-state index is 5.92. The molecule has 0 radical (unpaired) electrons. The third-order valence-electron chi connectivity index (χ3n) is 18.1.